The maximum atomic E-state index is 13.0. The van der Waals surface area contributed by atoms with Gasteiger partial charge in [0.25, 0.3) is 0 Å². The molecule has 0 amide bonds. The molecule has 3 aliphatic rings. The summed E-state index contributed by atoms with van der Waals surface area (Å²) in [5.74, 6) is -0.230. The number of Topliss-reactive ketones (excluding diaryl/α,β-unsaturated/α-hetero) is 2. The van der Waals surface area contributed by atoms with Crippen molar-refractivity contribution in [1.82, 2.24) is 0 Å². The van der Waals surface area contributed by atoms with Crippen molar-refractivity contribution >= 4 is 91.4 Å². The molecule has 0 atom stereocenters. The molecule has 0 saturated heterocycles. The van der Waals surface area contributed by atoms with Crippen molar-refractivity contribution in [2.24, 2.45) is 0 Å². The number of para-hydroxylation sites is 2. The van der Waals surface area contributed by atoms with Crippen LogP contribution in [0.4, 0.5) is 15.9 Å². The van der Waals surface area contributed by atoms with Crippen molar-refractivity contribution in [3.63, 3.8) is 0 Å². The second kappa shape index (κ2) is 8.99. The molecule has 198 valence electrons. The van der Waals surface area contributed by atoms with Gasteiger partial charge >= 0.3 is 257 Å². The van der Waals surface area contributed by atoms with E-state index in [-0.39, 0.29) is 40.6 Å². The Hall–Kier alpha value is -4.02. The molecule has 1 spiro atoms. The number of hydrogen-bond donors (Lipinski definition) is 0. The van der Waals surface area contributed by atoms with E-state index in [1.54, 1.807) is 0 Å². The topological polar surface area (TPSA) is 37.4 Å². The van der Waals surface area contributed by atoms with Crippen LogP contribution in [0.1, 0.15) is 25.2 Å². The number of carbonyl (C=O) groups excluding carboxylic acids is 2. The number of rotatable bonds is 2. The van der Waals surface area contributed by atoms with Crippen LogP contribution in [-0.2, 0) is 0 Å². The molecular weight excluding hydrogens is 664 g/mol. The fourth-order valence-corrected chi connectivity index (χ4v) is 16.4. The summed E-state index contributed by atoms with van der Waals surface area (Å²) in [6.07, 6.45) is 1.85. The first kappa shape index (κ1) is 24.6. The van der Waals surface area contributed by atoms with E-state index in [2.05, 4.69) is 114 Å². The van der Waals surface area contributed by atoms with Crippen LogP contribution in [0.3, 0.4) is 0 Å². The Morgan fingerprint density at radius 3 is 1.62 bits per heavy atom. The van der Waals surface area contributed by atoms with E-state index in [9.17, 15) is 9.59 Å². The fourth-order valence-electron chi connectivity index (χ4n) is 7.15. The summed E-state index contributed by atoms with van der Waals surface area (Å²) in [6.45, 7) is 0. The van der Waals surface area contributed by atoms with Gasteiger partial charge in [0.2, 0.25) is 0 Å². The molecule has 0 N–H and O–H groups in total. The number of nitrogens with zero attached hydrogens (tertiary/aromatic N) is 1. The first-order valence-corrected chi connectivity index (χ1v) is 19.5. The van der Waals surface area contributed by atoms with Crippen molar-refractivity contribution in [2.45, 2.75) is 0 Å². The average molecular weight is 686 g/mol. The fraction of sp³-hybridized carbons (Fsp3) is 0. The molecule has 4 aromatic carbocycles. The SMILES string of the molecule is O=C1C(=Cc2ccc(N3c4ccccc4[Si]4(c5ccccc5-c5ccccc54)c4ccccc43)[se]2)C(=O)c2c[se]cc21. The summed E-state index contributed by atoms with van der Waals surface area (Å²) in [4.78, 5) is 32.3. The predicted molar refractivity (Wildman–Crippen MR) is 174 cm³/mol. The van der Waals surface area contributed by atoms with Gasteiger partial charge in [0.1, 0.15) is 0 Å². The van der Waals surface area contributed by atoms with Crippen molar-refractivity contribution in [2.75, 3.05) is 4.90 Å². The third-order valence-electron chi connectivity index (χ3n) is 8.81. The third-order valence-corrected chi connectivity index (χ3v) is 17.5. The van der Waals surface area contributed by atoms with Crippen molar-refractivity contribution < 1.29 is 9.59 Å². The van der Waals surface area contributed by atoms with E-state index in [0.29, 0.717) is 16.7 Å². The van der Waals surface area contributed by atoms with Gasteiger partial charge in [-0.1, -0.05) is 0 Å². The minimum absolute atomic E-state index is 0.0737. The quantitative estimate of drug-likeness (QED) is 0.154. The van der Waals surface area contributed by atoms with Gasteiger partial charge < -0.3 is 0 Å². The summed E-state index contributed by atoms with van der Waals surface area (Å²) in [6, 6.07) is 40.1. The van der Waals surface area contributed by atoms with E-state index in [0.717, 1.165) is 4.44 Å². The van der Waals surface area contributed by atoms with Crippen LogP contribution in [0.2, 0.25) is 0 Å². The molecule has 0 bridgehead atoms. The van der Waals surface area contributed by atoms with E-state index >= 15 is 0 Å². The van der Waals surface area contributed by atoms with Gasteiger partial charge in [-0.3, -0.25) is 0 Å². The van der Waals surface area contributed by atoms with Crippen LogP contribution >= 0.6 is 0 Å². The van der Waals surface area contributed by atoms with Gasteiger partial charge in [0.15, 0.2) is 0 Å². The van der Waals surface area contributed by atoms with Gasteiger partial charge in [-0.25, -0.2) is 0 Å². The zero-order valence-corrected chi connectivity index (χ0v) is 26.6. The molecule has 6 aromatic rings. The Morgan fingerprint density at radius 2 is 1.05 bits per heavy atom. The molecule has 4 heterocycles. The molecule has 2 aliphatic heterocycles. The van der Waals surface area contributed by atoms with Crippen LogP contribution < -0.4 is 25.6 Å². The second-order valence-corrected chi connectivity index (χ2v) is 18.3. The molecule has 3 nitrogen and oxygen atoms in total. The zero-order valence-electron chi connectivity index (χ0n) is 22.2. The molecule has 0 unspecified atom stereocenters. The molecule has 2 aromatic heterocycles. The van der Waals surface area contributed by atoms with Gasteiger partial charge in [0, 0.05) is 0 Å². The minimum atomic E-state index is -2.56. The summed E-state index contributed by atoms with van der Waals surface area (Å²) in [7, 11) is -2.56. The van der Waals surface area contributed by atoms with Crippen LogP contribution in [0, 0.1) is 0 Å². The van der Waals surface area contributed by atoms with Crippen LogP contribution in [0.15, 0.2) is 125 Å². The Balaban J connectivity index is 1.25. The average Bonchev–Trinajstić information content (AvgIpc) is 3.81. The number of fused-ring (bicyclic) bond motifs is 10. The number of anilines is 3. The predicted octanol–water partition coefficient (Wildman–Crippen LogP) is 4.40. The standard InChI is InChI=1S/C36H21NO2Se2Si/c38-35-25(36(39)27-21-40-20-26(27)35)19-22-17-18-34(41-22)37-28-11-3-7-15-32(28)42(33-16-8-4-12-29(33)37)30-13-5-1-9-23(30)24-10-2-6-14-31(24)42/h1-21H. The van der Waals surface area contributed by atoms with Crippen molar-refractivity contribution in [3.8, 4) is 11.1 Å². The monoisotopic (exact) mass is 687 g/mol. The van der Waals surface area contributed by atoms with Crippen LogP contribution in [0.25, 0.3) is 17.2 Å². The Labute approximate surface area is 255 Å². The number of hydrogen-bond acceptors (Lipinski definition) is 3. The normalized spacial score (nSPS) is 15.3. The van der Waals surface area contributed by atoms with Gasteiger partial charge in [0.05, 0.1) is 0 Å². The Bertz CT molecular complexity index is 2040. The van der Waals surface area contributed by atoms with Crippen molar-refractivity contribution in [3.05, 3.63) is 140 Å². The Morgan fingerprint density at radius 1 is 0.548 bits per heavy atom. The van der Waals surface area contributed by atoms with Crippen LogP contribution in [-0.4, -0.2) is 48.6 Å². The van der Waals surface area contributed by atoms with Crippen molar-refractivity contribution in [1.29, 1.82) is 0 Å². The molecule has 1 aliphatic carbocycles. The number of ketones is 2. The van der Waals surface area contributed by atoms with E-state index in [1.165, 1.54) is 47.8 Å². The molecule has 9 rings (SSSR count). The number of carbonyl (C=O) groups is 2. The number of allylic oxidation sites excluding steroid dienone is 1. The molecule has 0 fully saturated rings. The molecule has 42 heavy (non-hydrogen) atoms. The third kappa shape index (κ3) is 3.11. The summed E-state index contributed by atoms with van der Waals surface area (Å²) >= 11 is 0.0403. The van der Waals surface area contributed by atoms with Gasteiger partial charge in [-0.05, 0) is 0 Å². The summed E-state index contributed by atoms with van der Waals surface area (Å²) < 4.78 is 2.25. The summed E-state index contributed by atoms with van der Waals surface area (Å²) in [5, 5.41) is 5.71. The van der Waals surface area contributed by atoms with Gasteiger partial charge in [-0.2, -0.15) is 0 Å². The molecule has 0 radical (unpaired) electrons. The second-order valence-electron chi connectivity index (χ2n) is 10.8. The van der Waals surface area contributed by atoms with E-state index in [1.807, 2.05) is 16.0 Å². The molecular formula is C36H21NO2Se2Si. The summed E-state index contributed by atoms with van der Waals surface area (Å²) in [5.41, 5.74) is 6.68. The zero-order chi connectivity index (χ0) is 28.0. The molecule has 6 heteroatoms. The van der Waals surface area contributed by atoms with Crippen LogP contribution in [0.5, 0.6) is 0 Å². The maximum absolute atomic E-state index is 13.0. The molecule has 0 saturated carbocycles. The first-order chi connectivity index (χ1) is 20.7. The first-order valence-electron chi connectivity index (χ1n) is 13.8. The Kier molecular flexibility index (Phi) is 5.26. The van der Waals surface area contributed by atoms with E-state index < -0.39 is 8.07 Å². The number of benzene rings is 4. The van der Waals surface area contributed by atoms with E-state index in [4.69, 9.17) is 0 Å². The van der Waals surface area contributed by atoms with Gasteiger partial charge in [-0.15, -0.1) is 0 Å².